The summed E-state index contributed by atoms with van der Waals surface area (Å²) in [6.45, 7) is 1.92. The topological polar surface area (TPSA) is 91.3 Å². The molecule has 7 heteroatoms. The fourth-order valence-electron chi connectivity index (χ4n) is 3.78. The molecular weight excluding hydrogens is 436 g/mol. The summed E-state index contributed by atoms with van der Waals surface area (Å²) in [4.78, 5) is 25.7. The molecule has 0 saturated carbocycles. The monoisotopic (exact) mass is 462 g/mol. The molecule has 0 bridgehead atoms. The molecule has 4 rings (SSSR count). The van der Waals surface area contributed by atoms with Gasteiger partial charge in [-0.25, -0.2) is 9.59 Å². The molecule has 0 unspecified atom stereocenters. The Morgan fingerprint density at radius 1 is 0.735 bits per heavy atom. The van der Waals surface area contributed by atoms with Crippen LogP contribution in [0, 0.1) is 0 Å². The van der Waals surface area contributed by atoms with Crippen molar-refractivity contribution >= 4 is 11.9 Å². The molecule has 3 aromatic rings. The van der Waals surface area contributed by atoms with Gasteiger partial charge in [0, 0.05) is 0 Å². The molecule has 176 valence electrons. The van der Waals surface area contributed by atoms with E-state index in [-0.39, 0.29) is 6.61 Å². The summed E-state index contributed by atoms with van der Waals surface area (Å²) in [6, 6.07) is 26.3. The van der Waals surface area contributed by atoms with E-state index in [2.05, 4.69) is 0 Å². The smallest absolute Gasteiger partial charge is 0.338 e. The summed E-state index contributed by atoms with van der Waals surface area (Å²) >= 11 is 0. The van der Waals surface area contributed by atoms with Gasteiger partial charge in [-0.05, 0) is 36.8 Å². The minimum atomic E-state index is -1.51. The van der Waals surface area contributed by atoms with E-state index in [1.165, 1.54) is 0 Å². The van der Waals surface area contributed by atoms with Gasteiger partial charge in [0.1, 0.15) is 6.10 Å². The standard InChI is InChI=1S/C27H26O7/c1-18-22(31-17-19-11-5-2-6-12-19)23(33-25(28)20-13-7-3-8-14-20)24(27(30)32-18)34-26(29)21-15-9-4-10-16-21/h2-16,18,22-24,27,30H,17H2,1H3/t18-,22-,23+,24+,27+/m0/s1. The highest BCUT2D eigenvalue weighted by molar-refractivity contribution is 5.90. The van der Waals surface area contributed by atoms with E-state index in [0.29, 0.717) is 11.1 Å². The summed E-state index contributed by atoms with van der Waals surface area (Å²) in [5, 5.41) is 10.6. The van der Waals surface area contributed by atoms with Crippen molar-refractivity contribution in [3.8, 4) is 0 Å². The van der Waals surface area contributed by atoms with Crippen molar-refractivity contribution in [2.75, 3.05) is 0 Å². The molecule has 1 heterocycles. The number of benzene rings is 3. The zero-order valence-electron chi connectivity index (χ0n) is 18.7. The predicted octanol–water partition coefficient (Wildman–Crippen LogP) is 3.76. The first-order valence-corrected chi connectivity index (χ1v) is 11.0. The minimum absolute atomic E-state index is 0.216. The Morgan fingerprint density at radius 3 is 1.74 bits per heavy atom. The molecule has 0 aromatic heterocycles. The van der Waals surface area contributed by atoms with E-state index in [1.807, 2.05) is 30.3 Å². The largest absolute Gasteiger partial charge is 0.452 e. The van der Waals surface area contributed by atoms with E-state index in [0.717, 1.165) is 5.56 Å². The van der Waals surface area contributed by atoms with E-state index >= 15 is 0 Å². The molecule has 1 aliphatic heterocycles. The van der Waals surface area contributed by atoms with Gasteiger partial charge in [-0.15, -0.1) is 0 Å². The quantitative estimate of drug-likeness (QED) is 0.535. The summed E-state index contributed by atoms with van der Waals surface area (Å²) in [7, 11) is 0. The van der Waals surface area contributed by atoms with Crippen LogP contribution in [-0.2, 0) is 25.6 Å². The number of esters is 2. The second kappa shape index (κ2) is 11.1. The number of rotatable bonds is 7. The molecule has 7 nitrogen and oxygen atoms in total. The molecule has 0 radical (unpaired) electrons. The Kier molecular flexibility index (Phi) is 7.69. The molecule has 3 aromatic carbocycles. The van der Waals surface area contributed by atoms with Crippen molar-refractivity contribution in [2.45, 2.75) is 44.2 Å². The molecule has 5 atom stereocenters. The van der Waals surface area contributed by atoms with Crippen LogP contribution < -0.4 is 0 Å². The lowest BCUT2D eigenvalue weighted by Gasteiger charge is -2.42. The van der Waals surface area contributed by atoms with Crippen LogP contribution in [0.5, 0.6) is 0 Å². The van der Waals surface area contributed by atoms with Gasteiger partial charge in [0.25, 0.3) is 0 Å². The van der Waals surface area contributed by atoms with Crippen molar-refractivity contribution in [1.29, 1.82) is 0 Å². The van der Waals surface area contributed by atoms with Crippen LogP contribution in [0.15, 0.2) is 91.0 Å². The second-order valence-electron chi connectivity index (χ2n) is 7.96. The number of carbonyl (C=O) groups excluding carboxylic acids is 2. The first-order chi connectivity index (χ1) is 16.5. The highest BCUT2D eigenvalue weighted by Gasteiger charge is 2.49. The molecule has 1 fully saturated rings. The summed E-state index contributed by atoms with van der Waals surface area (Å²) < 4.78 is 23.1. The van der Waals surface area contributed by atoms with Crippen LogP contribution in [0.4, 0.5) is 0 Å². The van der Waals surface area contributed by atoms with Crippen LogP contribution in [0.1, 0.15) is 33.2 Å². The normalized spacial score (nSPS) is 24.2. The van der Waals surface area contributed by atoms with Gasteiger partial charge < -0.3 is 24.1 Å². The Labute approximate surface area is 197 Å². The van der Waals surface area contributed by atoms with E-state index in [4.69, 9.17) is 18.9 Å². The lowest BCUT2D eigenvalue weighted by molar-refractivity contribution is -0.285. The number of aliphatic hydroxyl groups excluding tert-OH is 1. The third-order valence-corrected chi connectivity index (χ3v) is 5.54. The third kappa shape index (κ3) is 5.69. The molecule has 0 aliphatic carbocycles. The lowest BCUT2D eigenvalue weighted by atomic mass is 9.98. The lowest BCUT2D eigenvalue weighted by Crippen LogP contribution is -2.60. The van der Waals surface area contributed by atoms with Crippen molar-refractivity contribution in [1.82, 2.24) is 0 Å². The molecule has 1 N–H and O–H groups in total. The molecule has 1 aliphatic rings. The van der Waals surface area contributed by atoms with Gasteiger partial charge in [0.2, 0.25) is 0 Å². The van der Waals surface area contributed by atoms with Gasteiger partial charge in [0.05, 0.1) is 23.8 Å². The average molecular weight is 462 g/mol. The highest BCUT2D eigenvalue weighted by Crippen LogP contribution is 2.29. The average Bonchev–Trinajstić information content (AvgIpc) is 2.87. The number of aliphatic hydroxyl groups is 1. The predicted molar refractivity (Wildman–Crippen MR) is 123 cm³/mol. The van der Waals surface area contributed by atoms with Gasteiger partial charge in [0.15, 0.2) is 18.5 Å². The first-order valence-electron chi connectivity index (χ1n) is 11.0. The summed E-state index contributed by atoms with van der Waals surface area (Å²) in [5.74, 6) is -1.30. The zero-order valence-corrected chi connectivity index (χ0v) is 18.7. The maximum atomic E-state index is 12.9. The van der Waals surface area contributed by atoms with E-state index in [1.54, 1.807) is 67.6 Å². The minimum Gasteiger partial charge on any atom is -0.452 e. The van der Waals surface area contributed by atoms with Crippen molar-refractivity contribution in [2.24, 2.45) is 0 Å². The van der Waals surface area contributed by atoms with Crippen LogP contribution in [0.2, 0.25) is 0 Å². The van der Waals surface area contributed by atoms with E-state index < -0.39 is 42.6 Å². The second-order valence-corrected chi connectivity index (χ2v) is 7.96. The van der Waals surface area contributed by atoms with Gasteiger partial charge >= 0.3 is 11.9 Å². The molecular formula is C27H26O7. The van der Waals surface area contributed by atoms with Crippen LogP contribution in [-0.4, -0.2) is 47.8 Å². The Balaban J connectivity index is 1.59. The Morgan fingerprint density at radius 2 is 1.21 bits per heavy atom. The van der Waals surface area contributed by atoms with Crippen molar-refractivity contribution < 1.29 is 33.6 Å². The van der Waals surface area contributed by atoms with E-state index in [9.17, 15) is 14.7 Å². The fraction of sp³-hybridized carbons (Fsp3) is 0.259. The highest BCUT2D eigenvalue weighted by atomic mass is 16.7. The molecule has 34 heavy (non-hydrogen) atoms. The molecule has 0 spiro atoms. The van der Waals surface area contributed by atoms with Crippen molar-refractivity contribution in [3.05, 3.63) is 108 Å². The molecule has 1 saturated heterocycles. The third-order valence-electron chi connectivity index (χ3n) is 5.54. The van der Waals surface area contributed by atoms with Crippen LogP contribution in [0.25, 0.3) is 0 Å². The number of ether oxygens (including phenoxy) is 4. The fourth-order valence-corrected chi connectivity index (χ4v) is 3.78. The van der Waals surface area contributed by atoms with Gasteiger partial charge in [-0.1, -0.05) is 66.7 Å². The summed E-state index contributed by atoms with van der Waals surface area (Å²) in [6.07, 6.45) is -5.35. The zero-order chi connectivity index (χ0) is 23.9. The maximum Gasteiger partial charge on any atom is 0.338 e. The first kappa shape index (κ1) is 23.6. The number of carbonyl (C=O) groups is 2. The molecule has 0 amide bonds. The maximum absolute atomic E-state index is 12.9. The van der Waals surface area contributed by atoms with Crippen LogP contribution >= 0.6 is 0 Å². The number of hydrogen-bond acceptors (Lipinski definition) is 7. The summed E-state index contributed by atoms with van der Waals surface area (Å²) in [5.41, 5.74) is 1.53. The Bertz CT molecular complexity index is 1070. The van der Waals surface area contributed by atoms with Crippen LogP contribution in [0.3, 0.4) is 0 Å². The van der Waals surface area contributed by atoms with Gasteiger partial charge in [-0.3, -0.25) is 0 Å². The SMILES string of the molecule is C[C@@H]1O[C@@H](O)[C@H](OC(=O)c2ccccc2)[C@H](OC(=O)c2ccccc2)[C@H]1OCc1ccccc1. The van der Waals surface area contributed by atoms with Crippen molar-refractivity contribution in [3.63, 3.8) is 0 Å². The van der Waals surface area contributed by atoms with Gasteiger partial charge in [-0.2, -0.15) is 0 Å². The number of hydrogen-bond donors (Lipinski definition) is 1. The Hall–Kier alpha value is -3.52.